The van der Waals surface area contributed by atoms with Crippen LogP contribution >= 0.6 is 0 Å². The van der Waals surface area contributed by atoms with E-state index in [4.69, 9.17) is 0 Å². The van der Waals surface area contributed by atoms with Crippen LogP contribution in [0.5, 0.6) is 0 Å². The summed E-state index contributed by atoms with van der Waals surface area (Å²) in [6.07, 6.45) is 2.21. The van der Waals surface area contributed by atoms with Crippen LogP contribution in [0.1, 0.15) is 25.3 Å². The second-order valence-electron chi connectivity index (χ2n) is 6.46. The topological polar surface area (TPSA) is 95.6 Å². The Morgan fingerprint density at radius 1 is 1.42 bits per heavy atom. The van der Waals surface area contributed by atoms with Gasteiger partial charge in [-0.1, -0.05) is 6.92 Å². The van der Waals surface area contributed by atoms with E-state index in [2.05, 4.69) is 17.0 Å². The molecular weight excluding hydrogens is 330 g/mol. The second-order valence-corrected chi connectivity index (χ2v) is 8.22. The zero-order valence-electron chi connectivity index (χ0n) is 13.5. The SMILES string of the molecule is CC1CCCN(C(=O)CNS(=O)(=O)c2ccc3c(c2)CC(=O)N3)C1. The predicted molar refractivity (Wildman–Crippen MR) is 88.9 cm³/mol. The smallest absolute Gasteiger partial charge is 0.241 e. The van der Waals surface area contributed by atoms with Gasteiger partial charge >= 0.3 is 0 Å². The fourth-order valence-electron chi connectivity index (χ4n) is 3.14. The molecule has 1 aromatic rings. The van der Waals surface area contributed by atoms with Gasteiger partial charge in [-0.25, -0.2) is 13.1 Å². The molecule has 0 saturated carbocycles. The van der Waals surface area contributed by atoms with Crippen molar-refractivity contribution in [1.82, 2.24) is 9.62 Å². The molecule has 7 nitrogen and oxygen atoms in total. The Morgan fingerprint density at radius 2 is 2.21 bits per heavy atom. The molecule has 2 N–H and O–H groups in total. The van der Waals surface area contributed by atoms with Crippen molar-refractivity contribution in [2.24, 2.45) is 5.92 Å². The molecule has 8 heteroatoms. The second kappa shape index (κ2) is 6.52. The van der Waals surface area contributed by atoms with Crippen LogP contribution in [-0.4, -0.2) is 44.8 Å². The molecule has 0 bridgehead atoms. The van der Waals surface area contributed by atoms with Gasteiger partial charge in [-0.2, -0.15) is 0 Å². The van der Waals surface area contributed by atoms with E-state index in [9.17, 15) is 18.0 Å². The maximum absolute atomic E-state index is 12.4. The highest BCUT2D eigenvalue weighted by Crippen LogP contribution is 2.25. The fourth-order valence-corrected chi connectivity index (χ4v) is 4.17. The Morgan fingerprint density at radius 3 is 2.96 bits per heavy atom. The third-order valence-corrected chi connectivity index (χ3v) is 5.83. The van der Waals surface area contributed by atoms with Crippen molar-refractivity contribution < 1.29 is 18.0 Å². The summed E-state index contributed by atoms with van der Waals surface area (Å²) in [4.78, 5) is 25.3. The lowest BCUT2D eigenvalue weighted by atomic mass is 10.0. The summed E-state index contributed by atoms with van der Waals surface area (Å²) in [5.74, 6) is 0.0890. The molecular formula is C16H21N3O4S. The molecule has 1 saturated heterocycles. The van der Waals surface area contributed by atoms with Crippen molar-refractivity contribution in [2.45, 2.75) is 31.1 Å². The number of amides is 2. The van der Waals surface area contributed by atoms with Gasteiger partial charge in [0.2, 0.25) is 21.8 Å². The number of fused-ring (bicyclic) bond motifs is 1. The number of anilines is 1. The lowest BCUT2D eigenvalue weighted by molar-refractivity contribution is -0.131. The van der Waals surface area contributed by atoms with Crippen LogP contribution in [-0.2, 0) is 26.0 Å². The lowest BCUT2D eigenvalue weighted by Gasteiger charge is -2.31. The van der Waals surface area contributed by atoms with Crippen LogP contribution < -0.4 is 10.0 Å². The van der Waals surface area contributed by atoms with Gasteiger partial charge in [-0.05, 0) is 42.5 Å². The highest BCUT2D eigenvalue weighted by molar-refractivity contribution is 7.89. The molecule has 130 valence electrons. The number of carbonyl (C=O) groups is 2. The molecule has 3 rings (SSSR count). The first-order valence-corrected chi connectivity index (χ1v) is 9.54. The van der Waals surface area contributed by atoms with Crippen molar-refractivity contribution in [3.05, 3.63) is 23.8 Å². The molecule has 24 heavy (non-hydrogen) atoms. The molecule has 1 atom stereocenters. The number of nitrogens with zero attached hydrogens (tertiary/aromatic N) is 1. The van der Waals surface area contributed by atoms with Crippen LogP contribution in [0, 0.1) is 5.92 Å². The van der Waals surface area contributed by atoms with Crippen LogP contribution in [0.4, 0.5) is 5.69 Å². The highest BCUT2D eigenvalue weighted by atomic mass is 32.2. The van der Waals surface area contributed by atoms with Gasteiger partial charge in [-0.15, -0.1) is 0 Å². The molecule has 0 spiro atoms. The lowest BCUT2D eigenvalue weighted by Crippen LogP contribution is -2.44. The first kappa shape index (κ1) is 16.9. The highest BCUT2D eigenvalue weighted by Gasteiger charge is 2.24. The summed E-state index contributed by atoms with van der Waals surface area (Å²) >= 11 is 0. The van der Waals surface area contributed by atoms with Crippen LogP contribution in [0.2, 0.25) is 0 Å². The Bertz CT molecular complexity index is 776. The standard InChI is InChI=1S/C16H21N3O4S/c1-11-3-2-6-19(10-11)16(21)9-17-24(22,23)13-4-5-14-12(7-13)8-15(20)18-14/h4-5,7,11,17H,2-3,6,8-10H2,1H3,(H,18,20). The van der Waals surface area contributed by atoms with Crippen molar-refractivity contribution in [3.8, 4) is 0 Å². The van der Waals surface area contributed by atoms with Crippen molar-refractivity contribution >= 4 is 27.5 Å². The zero-order valence-corrected chi connectivity index (χ0v) is 14.4. The van der Waals surface area contributed by atoms with E-state index >= 15 is 0 Å². The number of carbonyl (C=O) groups excluding carboxylic acids is 2. The average Bonchev–Trinajstić information content (AvgIpc) is 2.91. The van der Waals surface area contributed by atoms with Gasteiger partial charge in [0.1, 0.15) is 0 Å². The third-order valence-electron chi connectivity index (χ3n) is 4.44. The number of hydrogen-bond acceptors (Lipinski definition) is 4. The number of piperidine rings is 1. The Balaban J connectivity index is 1.65. The predicted octanol–water partition coefficient (Wildman–Crippen LogP) is 0.718. The maximum atomic E-state index is 12.4. The van der Waals surface area contributed by atoms with Gasteiger partial charge in [-0.3, -0.25) is 9.59 Å². The summed E-state index contributed by atoms with van der Waals surface area (Å²) in [5.41, 5.74) is 1.29. The van der Waals surface area contributed by atoms with E-state index in [-0.39, 0.29) is 29.7 Å². The molecule has 0 aliphatic carbocycles. The number of sulfonamides is 1. The Kier molecular flexibility index (Phi) is 4.60. The number of likely N-dealkylation sites (tertiary alicyclic amines) is 1. The number of nitrogens with one attached hydrogen (secondary N) is 2. The van der Waals surface area contributed by atoms with E-state index in [0.29, 0.717) is 30.3 Å². The minimum Gasteiger partial charge on any atom is -0.341 e. The van der Waals surface area contributed by atoms with Gasteiger partial charge in [0.15, 0.2) is 0 Å². The monoisotopic (exact) mass is 351 g/mol. The largest absolute Gasteiger partial charge is 0.341 e. The average molecular weight is 351 g/mol. The summed E-state index contributed by atoms with van der Waals surface area (Å²) < 4.78 is 27.1. The van der Waals surface area contributed by atoms with Crippen LogP contribution in [0.25, 0.3) is 0 Å². The third kappa shape index (κ3) is 3.59. The van der Waals surface area contributed by atoms with Gasteiger partial charge in [0, 0.05) is 18.8 Å². The molecule has 1 unspecified atom stereocenters. The number of benzene rings is 1. The molecule has 2 aliphatic rings. The van der Waals surface area contributed by atoms with E-state index in [1.165, 1.54) is 12.1 Å². The fraction of sp³-hybridized carbons (Fsp3) is 0.500. The number of rotatable bonds is 4. The number of hydrogen-bond donors (Lipinski definition) is 2. The van der Waals surface area contributed by atoms with Crippen molar-refractivity contribution in [2.75, 3.05) is 25.0 Å². The molecule has 0 aromatic heterocycles. The van der Waals surface area contributed by atoms with Gasteiger partial charge in [0.25, 0.3) is 0 Å². The molecule has 2 amide bonds. The van der Waals surface area contributed by atoms with Crippen LogP contribution in [0.15, 0.2) is 23.1 Å². The van der Waals surface area contributed by atoms with E-state index in [1.807, 2.05) is 0 Å². The normalized spacial score (nSPS) is 20.6. The first-order valence-electron chi connectivity index (χ1n) is 8.05. The zero-order chi connectivity index (χ0) is 17.3. The maximum Gasteiger partial charge on any atom is 0.241 e. The molecule has 2 heterocycles. The van der Waals surface area contributed by atoms with Gasteiger partial charge < -0.3 is 10.2 Å². The molecule has 0 radical (unpaired) electrons. The van der Waals surface area contributed by atoms with E-state index in [1.54, 1.807) is 11.0 Å². The summed E-state index contributed by atoms with van der Waals surface area (Å²) in [6, 6.07) is 4.48. The van der Waals surface area contributed by atoms with Gasteiger partial charge in [0.05, 0.1) is 17.9 Å². The Labute approximate surface area is 141 Å². The summed E-state index contributed by atoms with van der Waals surface area (Å²) in [5, 5.41) is 2.66. The summed E-state index contributed by atoms with van der Waals surface area (Å²) in [7, 11) is -3.78. The molecule has 1 aromatic carbocycles. The minimum atomic E-state index is -3.78. The molecule has 2 aliphatic heterocycles. The van der Waals surface area contributed by atoms with Crippen LogP contribution in [0.3, 0.4) is 0 Å². The van der Waals surface area contributed by atoms with E-state index in [0.717, 1.165) is 12.8 Å². The van der Waals surface area contributed by atoms with E-state index < -0.39 is 10.0 Å². The quantitative estimate of drug-likeness (QED) is 0.835. The first-order chi connectivity index (χ1) is 11.3. The minimum absolute atomic E-state index is 0.0672. The molecule has 1 fully saturated rings. The van der Waals surface area contributed by atoms with Crippen molar-refractivity contribution in [1.29, 1.82) is 0 Å². The van der Waals surface area contributed by atoms with Crippen molar-refractivity contribution in [3.63, 3.8) is 0 Å². The Hall–Kier alpha value is -1.93. The summed E-state index contributed by atoms with van der Waals surface area (Å²) in [6.45, 7) is 3.19.